The van der Waals surface area contributed by atoms with Gasteiger partial charge in [-0.25, -0.2) is 14.6 Å². The molecule has 2 amide bonds. The molecule has 7 heteroatoms. The van der Waals surface area contributed by atoms with E-state index >= 15 is 0 Å². The average molecular weight is 274 g/mol. The van der Waals surface area contributed by atoms with Gasteiger partial charge in [0.1, 0.15) is 5.82 Å². The fourth-order valence-corrected chi connectivity index (χ4v) is 1.68. The topological polar surface area (TPSA) is 107 Å². The molecule has 1 heterocycles. The zero-order valence-electron chi connectivity index (χ0n) is 10.8. The van der Waals surface area contributed by atoms with Crippen LogP contribution in [-0.4, -0.2) is 27.1 Å². The molecule has 0 aliphatic rings. The number of hydrogen-bond acceptors (Lipinski definition) is 3. The van der Waals surface area contributed by atoms with E-state index in [4.69, 9.17) is 5.11 Å². The number of carboxylic acids is 1. The smallest absolute Gasteiger partial charge is 0.335 e. The van der Waals surface area contributed by atoms with Crippen molar-refractivity contribution < 1.29 is 14.7 Å². The minimum absolute atomic E-state index is 0.113. The second kappa shape index (κ2) is 5.87. The SMILES string of the molecule is CC(NC(=O)Nc1cccc(C(=O)O)c1)c1ncc[nH]1. The molecule has 0 bridgehead atoms. The van der Waals surface area contributed by atoms with Crippen LogP contribution >= 0.6 is 0 Å². The standard InChI is InChI=1S/C13H14N4O3/c1-8(11-14-5-6-15-11)16-13(20)17-10-4-2-3-9(7-10)12(18)19/h2-8H,1H3,(H,14,15)(H,18,19)(H2,16,17,20). The number of imidazole rings is 1. The highest BCUT2D eigenvalue weighted by molar-refractivity contribution is 5.93. The number of carboxylic acid groups (broad SMARTS) is 1. The molecule has 0 saturated carbocycles. The van der Waals surface area contributed by atoms with E-state index in [2.05, 4.69) is 20.6 Å². The molecule has 7 nitrogen and oxygen atoms in total. The van der Waals surface area contributed by atoms with Crippen molar-refractivity contribution in [1.82, 2.24) is 15.3 Å². The van der Waals surface area contributed by atoms with Crippen molar-refractivity contribution in [2.75, 3.05) is 5.32 Å². The number of aromatic carboxylic acids is 1. The Hall–Kier alpha value is -2.83. The summed E-state index contributed by atoms with van der Waals surface area (Å²) in [6.45, 7) is 1.78. The molecule has 0 saturated heterocycles. The summed E-state index contributed by atoms with van der Waals surface area (Å²) in [5, 5.41) is 14.1. The Morgan fingerprint density at radius 3 is 2.85 bits per heavy atom. The number of rotatable bonds is 4. The minimum atomic E-state index is -1.04. The van der Waals surface area contributed by atoms with E-state index in [0.29, 0.717) is 11.5 Å². The summed E-state index contributed by atoms with van der Waals surface area (Å²) >= 11 is 0. The van der Waals surface area contributed by atoms with Gasteiger partial charge in [-0.3, -0.25) is 0 Å². The Morgan fingerprint density at radius 2 is 2.20 bits per heavy atom. The van der Waals surface area contributed by atoms with Crippen LogP contribution in [0.1, 0.15) is 29.1 Å². The first-order valence-corrected chi connectivity index (χ1v) is 5.96. The molecule has 2 rings (SSSR count). The van der Waals surface area contributed by atoms with Gasteiger partial charge in [0.25, 0.3) is 0 Å². The predicted molar refractivity (Wildman–Crippen MR) is 72.6 cm³/mol. The molecule has 1 atom stereocenters. The second-order valence-electron chi connectivity index (χ2n) is 4.18. The van der Waals surface area contributed by atoms with Crippen molar-refractivity contribution in [2.24, 2.45) is 0 Å². The Kier molecular flexibility index (Phi) is 3.99. The highest BCUT2D eigenvalue weighted by atomic mass is 16.4. The van der Waals surface area contributed by atoms with Gasteiger partial charge in [0.2, 0.25) is 0 Å². The van der Waals surface area contributed by atoms with E-state index in [-0.39, 0.29) is 11.6 Å². The largest absolute Gasteiger partial charge is 0.478 e. The number of anilines is 1. The lowest BCUT2D eigenvalue weighted by Crippen LogP contribution is -2.31. The van der Waals surface area contributed by atoms with Crippen molar-refractivity contribution >= 4 is 17.7 Å². The van der Waals surface area contributed by atoms with Gasteiger partial charge in [0, 0.05) is 18.1 Å². The van der Waals surface area contributed by atoms with Crippen LogP contribution in [0.15, 0.2) is 36.7 Å². The van der Waals surface area contributed by atoms with E-state index in [0.717, 1.165) is 0 Å². The predicted octanol–water partition coefficient (Wildman–Crippen LogP) is 1.99. The average Bonchev–Trinajstić information content (AvgIpc) is 2.92. The van der Waals surface area contributed by atoms with Gasteiger partial charge < -0.3 is 20.7 Å². The lowest BCUT2D eigenvalue weighted by atomic mass is 10.2. The molecule has 0 aliphatic heterocycles. The summed E-state index contributed by atoms with van der Waals surface area (Å²) in [6, 6.07) is 5.30. The second-order valence-corrected chi connectivity index (χ2v) is 4.18. The first kappa shape index (κ1) is 13.6. The van der Waals surface area contributed by atoms with Crippen LogP contribution in [0.2, 0.25) is 0 Å². The molecule has 0 fully saturated rings. The molecule has 1 unspecified atom stereocenters. The summed E-state index contributed by atoms with van der Waals surface area (Å²) in [5.74, 6) is -0.405. The van der Waals surface area contributed by atoms with Crippen LogP contribution in [0.4, 0.5) is 10.5 Å². The van der Waals surface area contributed by atoms with Crippen molar-refractivity contribution in [3.8, 4) is 0 Å². The third-order valence-electron chi connectivity index (χ3n) is 2.64. The molecule has 1 aromatic carbocycles. The Bertz CT molecular complexity index is 610. The summed E-state index contributed by atoms with van der Waals surface area (Å²) in [4.78, 5) is 29.6. The van der Waals surface area contributed by atoms with Gasteiger partial charge in [-0.15, -0.1) is 0 Å². The fourth-order valence-electron chi connectivity index (χ4n) is 1.68. The molecule has 1 aromatic heterocycles. The third-order valence-corrected chi connectivity index (χ3v) is 2.64. The Labute approximate surface area is 115 Å². The molecular formula is C13H14N4O3. The van der Waals surface area contributed by atoms with Crippen molar-refractivity contribution in [3.63, 3.8) is 0 Å². The number of urea groups is 1. The van der Waals surface area contributed by atoms with E-state index in [1.807, 2.05) is 0 Å². The molecule has 0 radical (unpaired) electrons. The molecule has 104 valence electrons. The number of carbonyl (C=O) groups excluding carboxylic acids is 1. The highest BCUT2D eigenvalue weighted by Crippen LogP contribution is 2.11. The monoisotopic (exact) mass is 274 g/mol. The normalized spacial score (nSPS) is 11.7. The van der Waals surface area contributed by atoms with Crippen LogP contribution in [-0.2, 0) is 0 Å². The molecule has 2 aromatic rings. The maximum Gasteiger partial charge on any atom is 0.335 e. The first-order chi connectivity index (χ1) is 9.56. The van der Waals surface area contributed by atoms with E-state index < -0.39 is 12.0 Å². The zero-order chi connectivity index (χ0) is 14.5. The summed E-state index contributed by atoms with van der Waals surface area (Å²) in [6.07, 6.45) is 3.27. The zero-order valence-corrected chi connectivity index (χ0v) is 10.8. The molecule has 0 aliphatic carbocycles. The van der Waals surface area contributed by atoms with E-state index in [9.17, 15) is 9.59 Å². The molecule has 0 spiro atoms. The van der Waals surface area contributed by atoms with Crippen LogP contribution < -0.4 is 10.6 Å². The number of amides is 2. The first-order valence-electron chi connectivity index (χ1n) is 5.96. The molecule has 4 N–H and O–H groups in total. The number of benzene rings is 1. The quantitative estimate of drug-likeness (QED) is 0.683. The maximum absolute atomic E-state index is 11.8. The lowest BCUT2D eigenvalue weighted by Gasteiger charge is -2.12. The molecular weight excluding hydrogens is 260 g/mol. The lowest BCUT2D eigenvalue weighted by molar-refractivity contribution is 0.0697. The van der Waals surface area contributed by atoms with E-state index in [1.165, 1.54) is 12.1 Å². The van der Waals surface area contributed by atoms with Crippen LogP contribution in [0, 0.1) is 0 Å². The third kappa shape index (κ3) is 3.35. The van der Waals surface area contributed by atoms with Gasteiger partial charge >= 0.3 is 12.0 Å². The van der Waals surface area contributed by atoms with Crippen LogP contribution in [0.5, 0.6) is 0 Å². The summed E-state index contributed by atoms with van der Waals surface area (Å²) < 4.78 is 0. The Morgan fingerprint density at radius 1 is 1.40 bits per heavy atom. The van der Waals surface area contributed by atoms with Gasteiger partial charge in [-0.1, -0.05) is 6.07 Å². The Balaban J connectivity index is 1.98. The maximum atomic E-state index is 11.8. The number of nitrogens with zero attached hydrogens (tertiary/aromatic N) is 1. The number of aromatic amines is 1. The van der Waals surface area contributed by atoms with Crippen LogP contribution in [0.25, 0.3) is 0 Å². The van der Waals surface area contributed by atoms with Gasteiger partial charge in [-0.05, 0) is 25.1 Å². The highest BCUT2D eigenvalue weighted by Gasteiger charge is 2.11. The number of nitrogens with one attached hydrogen (secondary N) is 3. The summed E-state index contributed by atoms with van der Waals surface area (Å²) in [7, 11) is 0. The number of H-pyrrole nitrogens is 1. The minimum Gasteiger partial charge on any atom is -0.478 e. The number of hydrogen-bond donors (Lipinski definition) is 4. The van der Waals surface area contributed by atoms with Crippen molar-refractivity contribution in [1.29, 1.82) is 0 Å². The summed E-state index contributed by atoms with van der Waals surface area (Å²) in [5.41, 5.74) is 0.524. The van der Waals surface area contributed by atoms with Crippen molar-refractivity contribution in [2.45, 2.75) is 13.0 Å². The molecule has 20 heavy (non-hydrogen) atoms. The fraction of sp³-hybridized carbons (Fsp3) is 0.154. The van der Waals surface area contributed by atoms with E-state index in [1.54, 1.807) is 31.5 Å². The van der Waals surface area contributed by atoms with Crippen molar-refractivity contribution in [3.05, 3.63) is 48.0 Å². The van der Waals surface area contributed by atoms with Gasteiger partial charge in [-0.2, -0.15) is 0 Å². The van der Waals surface area contributed by atoms with Crippen LogP contribution in [0.3, 0.4) is 0 Å². The van der Waals surface area contributed by atoms with Gasteiger partial charge in [0.05, 0.1) is 11.6 Å². The van der Waals surface area contributed by atoms with Gasteiger partial charge in [0.15, 0.2) is 0 Å². The number of carbonyl (C=O) groups is 2. The number of aromatic nitrogens is 2.